The number of carboxylic acid groups (broad SMARTS) is 1. The van der Waals surface area contributed by atoms with Gasteiger partial charge in [0.05, 0.1) is 0 Å². The first-order valence-corrected chi connectivity index (χ1v) is 7.18. The van der Waals surface area contributed by atoms with Gasteiger partial charge in [-0.05, 0) is 33.3 Å². The molecule has 0 unspecified atom stereocenters. The van der Waals surface area contributed by atoms with Crippen molar-refractivity contribution in [2.45, 2.75) is 45.4 Å². The van der Waals surface area contributed by atoms with Crippen LogP contribution < -0.4 is 10.6 Å². The highest BCUT2D eigenvalue weighted by Gasteiger charge is 2.26. The molecule has 0 saturated carbocycles. The minimum Gasteiger partial charge on any atom is -0.479 e. The molecular weight excluding hydrogens is 300 g/mol. The SMILES string of the molecule is C[C@@H](NC(=O)OC(C)(C)C)C(=O)N[C@H](C(=O)O)c1ccccc1. The van der Waals surface area contributed by atoms with Gasteiger partial charge in [-0.3, -0.25) is 4.79 Å². The lowest BCUT2D eigenvalue weighted by Gasteiger charge is -2.22. The number of aliphatic carboxylic acids is 1. The topological polar surface area (TPSA) is 105 Å². The minimum absolute atomic E-state index is 0.442. The fourth-order valence-electron chi connectivity index (χ4n) is 1.75. The molecule has 1 rings (SSSR count). The molecule has 2 amide bonds. The molecule has 1 aromatic carbocycles. The molecule has 0 aliphatic rings. The quantitative estimate of drug-likeness (QED) is 0.767. The second kappa shape index (κ2) is 7.62. The van der Waals surface area contributed by atoms with Crippen LogP contribution in [0.5, 0.6) is 0 Å². The Hall–Kier alpha value is -2.57. The van der Waals surface area contributed by atoms with Crippen molar-refractivity contribution in [2.75, 3.05) is 0 Å². The van der Waals surface area contributed by atoms with Crippen molar-refractivity contribution >= 4 is 18.0 Å². The standard InChI is InChI=1S/C16H22N2O5/c1-10(17-15(22)23-16(2,3)4)13(19)18-12(14(20)21)11-8-6-5-7-9-11/h5-10,12H,1-4H3,(H,17,22)(H,18,19)(H,20,21)/t10-,12+/m1/s1. The zero-order chi connectivity index (χ0) is 17.6. The average molecular weight is 322 g/mol. The predicted octanol–water partition coefficient (Wildman–Crippen LogP) is 1.84. The Labute approximate surface area is 135 Å². The van der Waals surface area contributed by atoms with E-state index in [1.165, 1.54) is 6.92 Å². The Morgan fingerprint density at radius 1 is 1.09 bits per heavy atom. The van der Waals surface area contributed by atoms with Gasteiger partial charge in [0, 0.05) is 0 Å². The maximum absolute atomic E-state index is 12.1. The van der Waals surface area contributed by atoms with E-state index in [-0.39, 0.29) is 0 Å². The summed E-state index contributed by atoms with van der Waals surface area (Å²) in [6.07, 6.45) is -0.744. The van der Waals surface area contributed by atoms with E-state index in [1.807, 2.05) is 0 Å². The Balaban J connectivity index is 2.69. The molecule has 7 heteroatoms. The Morgan fingerprint density at radius 3 is 2.13 bits per heavy atom. The van der Waals surface area contributed by atoms with Gasteiger partial charge < -0.3 is 20.5 Å². The first-order valence-electron chi connectivity index (χ1n) is 7.18. The van der Waals surface area contributed by atoms with Crippen LogP contribution in [0.4, 0.5) is 4.79 Å². The maximum Gasteiger partial charge on any atom is 0.408 e. The van der Waals surface area contributed by atoms with Crippen molar-refractivity contribution < 1.29 is 24.2 Å². The van der Waals surface area contributed by atoms with Crippen LogP contribution in [-0.4, -0.2) is 34.7 Å². The van der Waals surface area contributed by atoms with Gasteiger partial charge in [-0.1, -0.05) is 30.3 Å². The van der Waals surface area contributed by atoms with Crippen LogP contribution in [0.2, 0.25) is 0 Å². The van der Waals surface area contributed by atoms with Gasteiger partial charge in [0.25, 0.3) is 0 Å². The molecule has 0 radical (unpaired) electrons. The van der Waals surface area contributed by atoms with Gasteiger partial charge in [0.15, 0.2) is 6.04 Å². The number of carboxylic acids is 1. The molecule has 0 saturated heterocycles. The number of alkyl carbamates (subject to hydrolysis) is 1. The zero-order valence-electron chi connectivity index (χ0n) is 13.6. The molecule has 1 aromatic rings. The summed E-state index contributed by atoms with van der Waals surface area (Å²) in [5, 5.41) is 14.0. The molecule has 0 aliphatic carbocycles. The number of carbonyl (C=O) groups excluding carboxylic acids is 2. The van der Waals surface area contributed by atoms with Gasteiger partial charge in [-0.2, -0.15) is 0 Å². The van der Waals surface area contributed by atoms with Crippen LogP contribution >= 0.6 is 0 Å². The summed E-state index contributed by atoms with van der Waals surface area (Å²) in [6, 6.07) is 6.19. The van der Waals surface area contributed by atoms with Gasteiger partial charge in [-0.15, -0.1) is 0 Å². The third kappa shape index (κ3) is 6.37. The summed E-state index contributed by atoms with van der Waals surface area (Å²) >= 11 is 0. The second-order valence-corrected chi connectivity index (χ2v) is 6.06. The monoisotopic (exact) mass is 322 g/mol. The lowest BCUT2D eigenvalue weighted by Crippen LogP contribution is -2.48. The van der Waals surface area contributed by atoms with E-state index in [2.05, 4.69) is 10.6 Å². The molecule has 126 valence electrons. The van der Waals surface area contributed by atoms with E-state index >= 15 is 0 Å². The van der Waals surface area contributed by atoms with Gasteiger partial charge in [0.2, 0.25) is 5.91 Å². The molecule has 3 N–H and O–H groups in total. The van der Waals surface area contributed by atoms with E-state index in [1.54, 1.807) is 51.1 Å². The zero-order valence-corrected chi connectivity index (χ0v) is 13.6. The predicted molar refractivity (Wildman–Crippen MR) is 83.8 cm³/mol. The fraction of sp³-hybridized carbons (Fsp3) is 0.438. The molecule has 0 bridgehead atoms. The molecule has 0 spiro atoms. The van der Waals surface area contributed by atoms with Gasteiger partial charge >= 0.3 is 12.1 Å². The van der Waals surface area contributed by atoms with Crippen LogP contribution in [0.1, 0.15) is 39.3 Å². The summed E-state index contributed by atoms with van der Waals surface area (Å²) in [5.74, 6) is -1.80. The van der Waals surface area contributed by atoms with Crippen LogP contribution in [0.3, 0.4) is 0 Å². The largest absolute Gasteiger partial charge is 0.479 e. The molecule has 0 aliphatic heterocycles. The highest BCUT2D eigenvalue weighted by molar-refractivity contribution is 5.89. The summed E-state index contributed by atoms with van der Waals surface area (Å²) < 4.78 is 5.05. The number of ether oxygens (including phenoxy) is 1. The van der Waals surface area contributed by atoms with Crippen molar-refractivity contribution in [3.63, 3.8) is 0 Å². The van der Waals surface area contributed by atoms with E-state index in [0.29, 0.717) is 5.56 Å². The van der Waals surface area contributed by atoms with Gasteiger partial charge in [0.1, 0.15) is 11.6 Å². The number of rotatable bonds is 5. The number of hydrogen-bond donors (Lipinski definition) is 3. The van der Waals surface area contributed by atoms with Crippen LogP contribution in [0.25, 0.3) is 0 Å². The second-order valence-electron chi connectivity index (χ2n) is 6.06. The van der Waals surface area contributed by atoms with Crippen LogP contribution in [-0.2, 0) is 14.3 Å². The van der Waals surface area contributed by atoms with Crippen molar-refractivity contribution in [3.8, 4) is 0 Å². The third-order valence-corrected chi connectivity index (χ3v) is 2.79. The lowest BCUT2D eigenvalue weighted by molar-refractivity contribution is -0.142. The number of hydrogen-bond acceptors (Lipinski definition) is 4. The van der Waals surface area contributed by atoms with Crippen molar-refractivity contribution in [1.82, 2.24) is 10.6 Å². The summed E-state index contributed by atoms with van der Waals surface area (Å²) in [4.78, 5) is 35.1. The number of carbonyl (C=O) groups is 3. The van der Waals surface area contributed by atoms with E-state index in [0.717, 1.165) is 0 Å². The average Bonchev–Trinajstić information content (AvgIpc) is 2.42. The highest BCUT2D eigenvalue weighted by atomic mass is 16.6. The number of nitrogens with one attached hydrogen (secondary N) is 2. The Bertz CT molecular complexity index is 566. The third-order valence-electron chi connectivity index (χ3n) is 2.79. The normalized spacial score (nSPS) is 13.6. The smallest absolute Gasteiger partial charge is 0.408 e. The molecule has 2 atom stereocenters. The number of benzene rings is 1. The lowest BCUT2D eigenvalue weighted by atomic mass is 10.1. The summed E-state index contributed by atoms with van der Waals surface area (Å²) in [6.45, 7) is 6.55. The Morgan fingerprint density at radius 2 is 1.65 bits per heavy atom. The minimum atomic E-state index is -1.19. The summed E-state index contributed by atoms with van der Waals surface area (Å²) in [7, 11) is 0. The first-order chi connectivity index (χ1) is 10.6. The number of amides is 2. The molecule has 7 nitrogen and oxygen atoms in total. The Kier molecular flexibility index (Phi) is 6.12. The maximum atomic E-state index is 12.1. The van der Waals surface area contributed by atoms with Crippen molar-refractivity contribution in [1.29, 1.82) is 0 Å². The van der Waals surface area contributed by atoms with E-state index < -0.39 is 35.7 Å². The molecular formula is C16H22N2O5. The van der Waals surface area contributed by atoms with E-state index in [4.69, 9.17) is 4.74 Å². The van der Waals surface area contributed by atoms with Crippen molar-refractivity contribution in [2.24, 2.45) is 0 Å². The molecule has 23 heavy (non-hydrogen) atoms. The molecule has 0 aromatic heterocycles. The fourth-order valence-corrected chi connectivity index (χ4v) is 1.75. The van der Waals surface area contributed by atoms with E-state index in [9.17, 15) is 19.5 Å². The van der Waals surface area contributed by atoms with Crippen LogP contribution in [0, 0.1) is 0 Å². The highest BCUT2D eigenvalue weighted by Crippen LogP contribution is 2.13. The molecule has 0 fully saturated rings. The van der Waals surface area contributed by atoms with Gasteiger partial charge in [-0.25, -0.2) is 9.59 Å². The first kappa shape index (κ1) is 18.5. The van der Waals surface area contributed by atoms with Crippen LogP contribution in [0.15, 0.2) is 30.3 Å². The molecule has 0 heterocycles. The summed E-state index contributed by atoms with van der Waals surface area (Å²) in [5.41, 5.74) is -0.244. The van der Waals surface area contributed by atoms with Crippen molar-refractivity contribution in [3.05, 3.63) is 35.9 Å².